The second kappa shape index (κ2) is 4.47. The highest BCUT2D eigenvalue weighted by molar-refractivity contribution is 5.76. The maximum Gasteiger partial charge on any atom is 0.220 e. The monoisotopic (exact) mass is 266 g/mol. The average molecular weight is 266 g/mol. The Hall–Kier alpha value is -0.570. The molecule has 0 spiro atoms. The van der Waals surface area contributed by atoms with Crippen molar-refractivity contribution >= 4 is 5.91 Å². The van der Waals surface area contributed by atoms with Gasteiger partial charge in [-0.2, -0.15) is 0 Å². The van der Waals surface area contributed by atoms with E-state index in [1.807, 2.05) is 13.8 Å². The molecule has 2 rings (SSSR count). The van der Waals surface area contributed by atoms with Gasteiger partial charge in [0.25, 0.3) is 0 Å². The van der Waals surface area contributed by atoms with Gasteiger partial charge in [0.05, 0.1) is 0 Å². The largest absolute Gasteiger partial charge is 0.353 e. The molecule has 3 nitrogen and oxygen atoms in total. The van der Waals surface area contributed by atoms with Crippen molar-refractivity contribution in [3.63, 3.8) is 0 Å². The minimum atomic E-state index is -0.255. The van der Waals surface area contributed by atoms with Crippen molar-refractivity contribution in [3.05, 3.63) is 0 Å². The molecule has 3 atom stereocenters. The maximum absolute atomic E-state index is 12.1. The molecule has 3 N–H and O–H groups in total. The molecular formula is C16H30N2O. The van der Waals surface area contributed by atoms with Crippen LogP contribution in [0.2, 0.25) is 0 Å². The molecule has 0 saturated heterocycles. The Kier molecular flexibility index (Phi) is 3.49. The first-order valence-corrected chi connectivity index (χ1v) is 7.64. The van der Waals surface area contributed by atoms with Crippen LogP contribution < -0.4 is 11.1 Å². The van der Waals surface area contributed by atoms with Crippen LogP contribution in [0.4, 0.5) is 0 Å². The van der Waals surface area contributed by atoms with E-state index in [4.69, 9.17) is 5.73 Å². The van der Waals surface area contributed by atoms with E-state index in [0.29, 0.717) is 17.9 Å². The van der Waals surface area contributed by atoms with Gasteiger partial charge in [0.15, 0.2) is 0 Å². The number of amides is 1. The first kappa shape index (κ1) is 14.8. The molecule has 0 aromatic heterocycles. The lowest BCUT2D eigenvalue weighted by atomic mass is 9.69. The molecule has 2 aliphatic carbocycles. The zero-order valence-corrected chi connectivity index (χ0v) is 13.2. The van der Waals surface area contributed by atoms with Crippen molar-refractivity contribution < 1.29 is 4.79 Å². The van der Waals surface area contributed by atoms with Crippen LogP contribution in [0.25, 0.3) is 0 Å². The summed E-state index contributed by atoms with van der Waals surface area (Å²) >= 11 is 0. The van der Waals surface area contributed by atoms with Crippen molar-refractivity contribution in [2.75, 3.05) is 0 Å². The molecule has 19 heavy (non-hydrogen) atoms. The Morgan fingerprint density at radius 2 is 2.00 bits per heavy atom. The van der Waals surface area contributed by atoms with Crippen LogP contribution in [0.3, 0.4) is 0 Å². The SMILES string of the molecule is CC(C)(N)CCC(=O)NC1CC2CCC1(C)C2(C)C. The maximum atomic E-state index is 12.1. The van der Waals surface area contributed by atoms with Gasteiger partial charge < -0.3 is 11.1 Å². The van der Waals surface area contributed by atoms with Gasteiger partial charge in [-0.15, -0.1) is 0 Å². The minimum Gasteiger partial charge on any atom is -0.353 e. The summed E-state index contributed by atoms with van der Waals surface area (Å²) < 4.78 is 0. The lowest BCUT2D eigenvalue weighted by Gasteiger charge is -2.39. The molecule has 110 valence electrons. The van der Waals surface area contributed by atoms with E-state index < -0.39 is 0 Å². The first-order chi connectivity index (χ1) is 8.56. The van der Waals surface area contributed by atoms with Gasteiger partial charge in [-0.05, 0) is 56.3 Å². The third kappa shape index (κ3) is 2.54. The molecule has 0 heterocycles. The average Bonchev–Trinajstić information content (AvgIpc) is 2.58. The highest BCUT2D eigenvalue weighted by Crippen LogP contribution is 2.65. The fraction of sp³-hybridized carbons (Fsp3) is 0.938. The number of rotatable bonds is 4. The molecular weight excluding hydrogens is 236 g/mol. The molecule has 0 aliphatic heterocycles. The minimum absolute atomic E-state index is 0.174. The smallest absolute Gasteiger partial charge is 0.220 e. The van der Waals surface area contributed by atoms with Crippen LogP contribution >= 0.6 is 0 Å². The second-order valence-electron chi connectivity index (χ2n) is 8.22. The van der Waals surface area contributed by atoms with Crippen molar-refractivity contribution in [1.29, 1.82) is 0 Å². The summed E-state index contributed by atoms with van der Waals surface area (Å²) in [5.41, 5.74) is 6.32. The Labute approximate surface area is 117 Å². The summed E-state index contributed by atoms with van der Waals surface area (Å²) in [4.78, 5) is 12.1. The number of fused-ring (bicyclic) bond motifs is 2. The third-order valence-electron chi connectivity index (χ3n) is 6.13. The number of carbonyl (C=O) groups excluding carboxylic acids is 1. The zero-order valence-electron chi connectivity index (χ0n) is 13.2. The van der Waals surface area contributed by atoms with Gasteiger partial charge >= 0.3 is 0 Å². The zero-order chi connectivity index (χ0) is 14.5. The fourth-order valence-corrected chi connectivity index (χ4v) is 4.12. The van der Waals surface area contributed by atoms with Crippen molar-refractivity contribution in [2.45, 2.75) is 78.3 Å². The van der Waals surface area contributed by atoms with Gasteiger partial charge in [0, 0.05) is 18.0 Å². The fourth-order valence-electron chi connectivity index (χ4n) is 4.12. The van der Waals surface area contributed by atoms with Crippen LogP contribution in [-0.2, 0) is 4.79 Å². The van der Waals surface area contributed by atoms with Crippen LogP contribution in [0.15, 0.2) is 0 Å². The van der Waals surface area contributed by atoms with E-state index in [1.165, 1.54) is 12.8 Å². The Morgan fingerprint density at radius 1 is 1.37 bits per heavy atom. The lowest BCUT2D eigenvalue weighted by molar-refractivity contribution is -0.123. The summed E-state index contributed by atoms with van der Waals surface area (Å²) in [7, 11) is 0. The van der Waals surface area contributed by atoms with E-state index in [-0.39, 0.29) is 16.9 Å². The summed E-state index contributed by atoms with van der Waals surface area (Å²) in [5, 5.41) is 3.28. The molecule has 0 aromatic rings. The summed E-state index contributed by atoms with van der Waals surface area (Å²) in [6.45, 7) is 11.1. The van der Waals surface area contributed by atoms with E-state index in [2.05, 4.69) is 26.1 Å². The number of nitrogens with two attached hydrogens (primary N) is 1. The van der Waals surface area contributed by atoms with Gasteiger partial charge in [0.1, 0.15) is 0 Å². The van der Waals surface area contributed by atoms with Gasteiger partial charge in [-0.1, -0.05) is 20.8 Å². The van der Waals surface area contributed by atoms with Crippen molar-refractivity contribution in [3.8, 4) is 0 Å². The quantitative estimate of drug-likeness (QED) is 0.822. The predicted octanol–water partition coefficient (Wildman–Crippen LogP) is 2.83. The van der Waals surface area contributed by atoms with Gasteiger partial charge in [-0.3, -0.25) is 4.79 Å². The molecule has 1 amide bonds. The van der Waals surface area contributed by atoms with E-state index in [1.54, 1.807) is 0 Å². The molecule has 2 fully saturated rings. The molecule has 3 unspecified atom stereocenters. The van der Waals surface area contributed by atoms with Crippen LogP contribution in [0.5, 0.6) is 0 Å². The predicted molar refractivity (Wildman–Crippen MR) is 78.7 cm³/mol. The Morgan fingerprint density at radius 3 is 2.42 bits per heavy atom. The molecule has 0 aromatic carbocycles. The van der Waals surface area contributed by atoms with Crippen molar-refractivity contribution in [2.24, 2.45) is 22.5 Å². The Balaban J connectivity index is 1.93. The number of hydrogen-bond acceptors (Lipinski definition) is 2. The summed E-state index contributed by atoms with van der Waals surface area (Å²) in [6, 6.07) is 0.356. The van der Waals surface area contributed by atoms with Crippen molar-refractivity contribution in [1.82, 2.24) is 5.32 Å². The van der Waals surface area contributed by atoms with Gasteiger partial charge in [-0.25, -0.2) is 0 Å². The van der Waals surface area contributed by atoms with E-state index in [0.717, 1.165) is 18.8 Å². The molecule has 3 heteroatoms. The highest BCUT2D eigenvalue weighted by atomic mass is 16.1. The topological polar surface area (TPSA) is 55.1 Å². The number of carbonyl (C=O) groups is 1. The van der Waals surface area contributed by atoms with E-state index >= 15 is 0 Å². The molecule has 2 saturated carbocycles. The van der Waals surface area contributed by atoms with Crippen LogP contribution in [0.1, 0.15) is 66.7 Å². The third-order valence-corrected chi connectivity index (χ3v) is 6.13. The number of nitrogens with one attached hydrogen (secondary N) is 1. The second-order valence-corrected chi connectivity index (χ2v) is 8.22. The molecule has 2 aliphatic rings. The van der Waals surface area contributed by atoms with Crippen LogP contribution in [0, 0.1) is 16.7 Å². The molecule has 0 radical (unpaired) electrons. The first-order valence-electron chi connectivity index (χ1n) is 7.64. The van der Waals surface area contributed by atoms with Gasteiger partial charge in [0.2, 0.25) is 5.91 Å². The standard InChI is InChI=1S/C16H30N2O/c1-14(2,17)8-7-13(19)18-12-10-11-6-9-16(12,5)15(11,3)4/h11-12H,6-10,17H2,1-5H3,(H,18,19). The summed E-state index contributed by atoms with van der Waals surface area (Å²) in [6.07, 6.45) is 5.02. The van der Waals surface area contributed by atoms with E-state index in [9.17, 15) is 4.79 Å². The highest BCUT2D eigenvalue weighted by Gasteiger charge is 2.61. The normalized spacial score (nSPS) is 36.5. The Bertz CT molecular complexity index is 369. The van der Waals surface area contributed by atoms with Crippen LogP contribution in [-0.4, -0.2) is 17.5 Å². The molecule has 2 bridgehead atoms. The number of hydrogen-bond donors (Lipinski definition) is 2. The lowest BCUT2D eigenvalue weighted by Crippen LogP contribution is -2.47. The summed E-state index contributed by atoms with van der Waals surface area (Å²) in [5.74, 6) is 0.946.